The number of anilines is 1. The number of amides is 3. The average Bonchev–Trinajstić information content (AvgIpc) is 2.72. The summed E-state index contributed by atoms with van der Waals surface area (Å²) in [5.41, 5.74) is 0.582. The van der Waals surface area contributed by atoms with E-state index in [-0.39, 0.29) is 18.0 Å². The standard InChI is InChI=1S/C20H24BrN5O2/c21-16-5-3-4-15(14-16)19(27)23-10-11-24-20(28)25-17-7-12-26(13-8-17)18-6-1-2-9-22-18/h1-6,9,14,17H,7-8,10-13H2,(H,23,27)(H2,24,25,28). The van der Waals surface area contributed by atoms with Crippen LogP contribution < -0.4 is 20.9 Å². The van der Waals surface area contributed by atoms with Crippen LogP contribution in [0.1, 0.15) is 23.2 Å². The minimum Gasteiger partial charge on any atom is -0.356 e. The van der Waals surface area contributed by atoms with Gasteiger partial charge in [0.1, 0.15) is 5.82 Å². The van der Waals surface area contributed by atoms with E-state index in [1.54, 1.807) is 18.3 Å². The number of carbonyl (C=O) groups excluding carboxylic acids is 2. The molecule has 0 saturated carbocycles. The van der Waals surface area contributed by atoms with Gasteiger partial charge >= 0.3 is 6.03 Å². The molecule has 1 aliphatic heterocycles. The lowest BCUT2D eigenvalue weighted by molar-refractivity contribution is 0.0953. The Balaban J connectivity index is 1.31. The fraction of sp³-hybridized carbons (Fsp3) is 0.350. The van der Waals surface area contributed by atoms with Crippen LogP contribution in [0.4, 0.5) is 10.6 Å². The van der Waals surface area contributed by atoms with E-state index in [0.29, 0.717) is 18.7 Å². The number of carbonyl (C=O) groups is 2. The Morgan fingerprint density at radius 2 is 1.86 bits per heavy atom. The van der Waals surface area contributed by atoms with E-state index in [0.717, 1.165) is 36.2 Å². The van der Waals surface area contributed by atoms with Crippen molar-refractivity contribution in [2.24, 2.45) is 0 Å². The van der Waals surface area contributed by atoms with Gasteiger partial charge in [0.15, 0.2) is 0 Å². The van der Waals surface area contributed by atoms with E-state index >= 15 is 0 Å². The Labute approximate surface area is 173 Å². The van der Waals surface area contributed by atoms with Gasteiger partial charge in [0.25, 0.3) is 5.91 Å². The molecule has 1 fully saturated rings. The van der Waals surface area contributed by atoms with Crippen molar-refractivity contribution in [3.05, 3.63) is 58.7 Å². The number of aromatic nitrogens is 1. The van der Waals surface area contributed by atoms with Crippen molar-refractivity contribution in [3.8, 4) is 0 Å². The number of halogens is 1. The van der Waals surface area contributed by atoms with Gasteiger partial charge in [-0.15, -0.1) is 0 Å². The molecular formula is C20H24BrN5O2. The summed E-state index contributed by atoms with van der Waals surface area (Å²) in [4.78, 5) is 30.7. The summed E-state index contributed by atoms with van der Waals surface area (Å²) in [6.45, 7) is 2.48. The van der Waals surface area contributed by atoms with Crippen LogP contribution in [-0.4, -0.2) is 49.1 Å². The predicted octanol–water partition coefficient (Wildman–Crippen LogP) is 2.54. The Morgan fingerprint density at radius 1 is 1.07 bits per heavy atom. The second kappa shape index (κ2) is 10.1. The lowest BCUT2D eigenvalue weighted by Gasteiger charge is -2.33. The second-order valence-corrected chi connectivity index (χ2v) is 7.53. The van der Waals surface area contributed by atoms with Crippen molar-refractivity contribution in [3.63, 3.8) is 0 Å². The van der Waals surface area contributed by atoms with E-state index in [9.17, 15) is 9.59 Å². The number of hydrogen-bond donors (Lipinski definition) is 3. The molecule has 0 unspecified atom stereocenters. The maximum absolute atomic E-state index is 12.1. The van der Waals surface area contributed by atoms with Crippen LogP contribution in [0.25, 0.3) is 0 Å². The largest absolute Gasteiger partial charge is 0.356 e. The summed E-state index contributed by atoms with van der Waals surface area (Å²) in [6.07, 6.45) is 3.55. The van der Waals surface area contributed by atoms with E-state index in [1.807, 2.05) is 30.3 Å². The number of rotatable bonds is 6. The van der Waals surface area contributed by atoms with Crippen LogP contribution in [0.5, 0.6) is 0 Å². The first-order chi connectivity index (χ1) is 13.6. The third-order valence-corrected chi connectivity index (χ3v) is 5.08. The van der Waals surface area contributed by atoms with E-state index < -0.39 is 0 Å². The molecule has 28 heavy (non-hydrogen) atoms. The summed E-state index contributed by atoms with van der Waals surface area (Å²) in [5, 5.41) is 8.59. The number of pyridine rings is 1. The SMILES string of the molecule is O=C(NCCNC(=O)c1cccc(Br)c1)NC1CCN(c2ccccn2)CC1. The van der Waals surface area contributed by atoms with Gasteiger partial charge in [0.2, 0.25) is 0 Å². The van der Waals surface area contributed by atoms with Crippen LogP contribution >= 0.6 is 15.9 Å². The smallest absolute Gasteiger partial charge is 0.315 e. The monoisotopic (exact) mass is 445 g/mol. The number of piperidine rings is 1. The molecule has 1 saturated heterocycles. The molecule has 0 spiro atoms. The van der Waals surface area contributed by atoms with Gasteiger partial charge in [0.05, 0.1) is 0 Å². The fourth-order valence-electron chi connectivity index (χ4n) is 3.11. The topological polar surface area (TPSA) is 86.4 Å². The molecule has 3 amide bonds. The van der Waals surface area contributed by atoms with Gasteiger partial charge in [-0.25, -0.2) is 9.78 Å². The number of nitrogens with zero attached hydrogens (tertiary/aromatic N) is 2. The lowest BCUT2D eigenvalue weighted by Crippen LogP contribution is -2.49. The highest BCUT2D eigenvalue weighted by atomic mass is 79.9. The van der Waals surface area contributed by atoms with Gasteiger partial charge in [-0.05, 0) is 43.2 Å². The summed E-state index contributed by atoms with van der Waals surface area (Å²) in [5.74, 6) is 0.817. The lowest BCUT2D eigenvalue weighted by atomic mass is 10.1. The van der Waals surface area contributed by atoms with E-state index in [2.05, 4.69) is 41.8 Å². The first-order valence-corrected chi connectivity index (χ1v) is 10.2. The maximum atomic E-state index is 12.1. The molecule has 7 nitrogen and oxygen atoms in total. The fourth-order valence-corrected chi connectivity index (χ4v) is 3.51. The Morgan fingerprint density at radius 3 is 2.57 bits per heavy atom. The highest BCUT2D eigenvalue weighted by molar-refractivity contribution is 9.10. The Bertz CT molecular complexity index is 794. The third-order valence-electron chi connectivity index (χ3n) is 4.59. The van der Waals surface area contributed by atoms with Gasteiger partial charge < -0.3 is 20.9 Å². The van der Waals surface area contributed by atoms with Crippen LogP contribution in [0.2, 0.25) is 0 Å². The normalized spacial score (nSPS) is 14.4. The number of benzene rings is 1. The molecular weight excluding hydrogens is 422 g/mol. The first-order valence-electron chi connectivity index (χ1n) is 9.36. The molecule has 0 aliphatic carbocycles. The molecule has 0 atom stereocenters. The molecule has 2 aromatic rings. The number of nitrogens with one attached hydrogen (secondary N) is 3. The van der Waals surface area contributed by atoms with Crippen LogP contribution in [-0.2, 0) is 0 Å². The zero-order valence-electron chi connectivity index (χ0n) is 15.5. The average molecular weight is 446 g/mol. The third kappa shape index (κ3) is 5.95. The van der Waals surface area contributed by atoms with Crippen molar-refractivity contribution in [2.45, 2.75) is 18.9 Å². The van der Waals surface area contributed by atoms with Crippen molar-refractivity contribution in [1.29, 1.82) is 0 Å². The minimum atomic E-state index is -0.201. The highest BCUT2D eigenvalue weighted by Crippen LogP contribution is 2.17. The van der Waals surface area contributed by atoms with Gasteiger partial charge in [-0.1, -0.05) is 28.1 Å². The summed E-state index contributed by atoms with van der Waals surface area (Å²) < 4.78 is 0.853. The second-order valence-electron chi connectivity index (χ2n) is 6.62. The summed E-state index contributed by atoms with van der Waals surface area (Å²) in [7, 11) is 0. The summed E-state index contributed by atoms with van der Waals surface area (Å²) in [6, 6.07) is 13.0. The molecule has 1 aromatic heterocycles. The predicted molar refractivity (Wildman–Crippen MR) is 112 cm³/mol. The molecule has 148 valence electrons. The van der Waals surface area contributed by atoms with Crippen molar-refractivity contribution in [2.75, 3.05) is 31.1 Å². The van der Waals surface area contributed by atoms with Crippen molar-refractivity contribution in [1.82, 2.24) is 20.9 Å². The zero-order valence-corrected chi connectivity index (χ0v) is 17.1. The molecule has 0 bridgehead atoms. The molecule has 2 heterocycles. The van der Waals surface area contributed by atoms with Crippen LogP contribution in [0.3, 0.4) is 0 Å². The highest BCUT2D eigenvalue weighted by Gasteiger charge is 2.21. The minimum absolute atomic E-state index is 0.149. The van der Waals surface area contributed by atoms with Gasteiger partial charge in [-0.2, -0.15) is 0 Å². The number of urea groups is 1. The number of hydrogen-bond acceptors (Lipinski definition) is 4. The molecule has 0 radical (unpaired) electrons. The van der Waals surface area contributed by atoms with Crippen molar-refractivity contribution >= 4 is 33.7 Å². The summed E-state index contributed by atoms with van der Waals surface area (Å²) >= 11 is 3.34. The molecule has 1 aliphatic rings. The molecule has 3 rings (SSSR count). The zero-order chi connectivity index (χ0) is 19.8. The van der Waals surface area contributed by atoms with Crippen LogP contribution in [0.15, 0.2) is 53.1 Å². The Hall–Kier alpha value is -2.61. The van der Waals surface area contributed by atoms with Gasteiger partial charge in [0, 0.05) is 48.5 Å². The Kier molecular flexibility index (Phi) is 7.25. The van der Waals surface area contributed by atoms with Gasteiger partial charge in [-0.3, -0.25) is 4.79 Å². The van der Waals surface area contributed by atoms with Crippen molar-refractivity contribution < 1.29 is 9.59 Å². The van der Waals surface area contributed by atoms with E-state index in [1.165, 1.54) is 0 Å². The van der Waals surface area contributed by atoms with E-state index in [4.69, 9.17) is 0 Å². The first kappa shape index (κ1) is 20.1. The maximum Gasteiger partial charge on any atom is 0.315 e. The quantitative estimate of drug-likeness (QED) is 0.596. The molecule has 8 heteroatoms. The molecule has 3 N–H and O–H groups in total. The van der Waals surface area contributed by atoms with Crippen LogP contribution in [0, 0.1) is 0 Å². The molecule has 1 aromatic carbocycles.